The molecule has 2 atom stereocenters. The lowest BCUT2D eigenvalue weighted by Gasteiger charge is -2.43. The van der Waals surface area contributed by atoms with Crippen molar-refractivity contribution in [3.05, 3.63) is 82.9 Å². The summed E-state index contributed by atoms with van der Waals surface area (Å²) in [5, 5.41) is 9.49. The van der Waals surface area contributed by atoms with E-state index in [2.05, 4.69) is 0 Å². The molecule has 204 valence electrons. The molecule has 0 bridgehead atoms. The van der Waals surface area contributed by atoms with Gasteiger partial charge in [-0.2, -0.15) is 0 Å². The number of hydrogen-bond acceptors (Lipinski definition) is 5. The number of fused-ring (bicyclic) bond motifs is 1. The molecule has 3 aromatic rings. The van der Waals surface area contributed by atoms with Gasteiger partial charge in [0.15, 0.2) is 0 Å². The van der Waals surface area contributed by atoms with Gasteiger partial charge in [-0.15, -0.1) is 0 Å². The molecule has 0 saturated heterocycles. The Kier molecular flexibility index (Phi) is 8.76. The van der Waals surface area contributed by atoms with Gasteiger partial charge in [-0.1, -0.05) is 17.7 Å². The number of methoxy groups -OCH3 is 1. The molecular weight excluding hydrogens is 520 g/mol. The summed E-state index contributed by atoms with van der Waals surface area (Å²) in [6, 6.07) is 18.9. The van der Waals surface area contributed by atoms with Crippen molar-refractivity contribution in [1.29, 1.82) is 0 Å². The highest BCUT2D eigenvalue weighted by atomic mass is 35.5. The maximum Gasteiger partial charge on any atom is 0.303 e. The van der Waals surface area contributed by atoms with Crippen LogP contribution in [0.3, 0.4) is 0 Å². The minimum atomic E-state index is -0.886. The fraction of sp³-hybridized carbons (Fsp3) is 0.300. The Hall–Kier alpha value is -4.04. The molecule has 1 heterocycles. The Balaban J connectivity index is 1.75. The van der Waals surface area contributed by atoms with E-state index >= 15 is 0 Å². The summed E-state index contributed by atoms with van der Waals surface area (Å²) < 4.78 is 11.1. The molecule has 1 aliphatic heterocycles. The number of amides is 2. The lowest BCUT2D eigenvalue weighted by Crippen LogP contribution is -2.47. The number of hydrogen-bond donors (Lipinski definition) is 1. The van der Waals surface area contributed by atoms with E-state index in [1.165, 1.54) is 6.92 Å². The molecule has 39 heavy (non-hydrogen) atoms. The number of carboxylic acids is 1. The molecule has 9 heteroatoms. The minimum absolute atomic E-state index is 0.000787. The number of anilines is 2. The topological polar surface area (TPSA) is 96.4 Å². The van der Waals surface area contributed by atoms with E-state index in [0.717, 1.165) is 5.56 Å². The number of carbonyl (C=O) groups excluding carboxylic acids is 2. The van der Waals surface area contributed by atoms with Crippen LogP contribution in [0.15, 0.2) is 66.7 Å². The van der Waals surface area contributed by atoms with E-state index in [0.29, 0.717) is 46.3 Å². The van der Waals surface area contributed by atoms with Crippen molar-refractivity contribution in [2.75, 3.05) is 23.5 Å². The molecule has 2 amide bonds. The average Bonchev–Trinajstić information content (AvgIpc) is 2.91. The van der Waals surface area contributed by atoms with Gasteiger partial charge in [0.05, 0.1) is 25.4 Å². The van der Waals surface area contributed by atoms with Crippen molar-refractivity contribution < 1.29 is 29.0 Å². The first-order valence-electron chi connectivity index (χ1n) is 12.7. The zero-order valence-corrected chi connectivity index (χ0v) is 22.9. The van der Waals surface area contributed by atoms with Gasteiger partial charge >= 0.3 is 5.97 Å². The van der Waals surface area contributed by atoms with E-state index in [1.54, 1.807) is 65.4 Å². The van der Waals surface area contributed by atoms with Gasteiger partial charge < -0.3 is 24.4 Å². The molecule has 0 unspecified atom stereocenters. The first-order valence-corrected chi connectivity index (χ1v) is 13.1. The van der Waals surface area contributed by atoms with Crippen LogP contribution in [0, 0.1) is 0 Å². The van der Waals surface area contributed by atoms with Crippen LogP contribution in [0.2, 0.25) is 5.02 Å². The molecular formula is C30H31ClN2O6. The highest BCUT2D eigenvalue weighted by molar-refractivity contribution is 6.30. The highest BCUT2D eigenvalue weighted by Crippen LogP contribution is 2.44. The van der Waals surface area contributed by atoms with Crippen LogP contribution in [0.5, 0.6) is 11.5 Å². The summed E-state index contributed by atoms with van der Waals surface area (Å²) in [5.41, 5.74) is 2.65. The van der Waals surface area contributed by atoms with Crippen LogP contribution in [0.25, 0.3) is 0 Å². The zero-order valence-electron chi connectivity index (χ0n) is 22.1. The smallest absolute Gasteiger partial charge is 0.303 e. The highest BCUT2D eigenvalue weighted by Gasteiger charge is 2.38. The third-order valence-electron chi connectivity index (χ3n) is 6.74. The number of benzene rings is 3. The lowest BCUT2D eigenvalue weighted by atomic mass is 9.89. The van der Waals surface area contributed by atoms with Crippen molar-refractivity contribution in [1.82, 2.24) is 0 Å². The van der Waals surface area contributed by atoms with Crippen molar-refractivity contribution >= 4 is 40.8 Å². The normalized spacial score (nSPS) is 16.3. The Labute approximate surface area is 232 Å². The maximum atomic E-state index is 13.8. The SMILES string of the molecule is COc1ccc(C(=O)N2c3cc(OCCCC(=O)O)ccc3[C@H](N(C(C)=O)c3ccc(Cl)cc3)C[C@@H]2C)cc1. The molecule has 3 aromatic carbocycles. The fourth-order valence-corrected chi connectivity index (χ4v) is 5.05. The summed E-state index contributed by atoms with van der Waals surface area (Å²) in [6.07, 6.45) is 0.866. The van der Waals surface area contributed by atoms with Crippen molar-refractivity contribution in [2.24, 2.45) is 0 Å². The van der Waals surface area contributed by atoms with Gasteiger partial charge in [0, 0.05) is 41.7 Å². The number of nitrogens with zero attached hydrogens (tertiary/aromatic N) is 2. The molecule has 0 spiro atoms. The van der Waals surface area contributed by atoms with E-state index in [9.17, 15) is 14.4 Å². The van der Waals surface area contributed by atoms with Gasteiger partial charge in [-0.25, -0.2) is 0 Å². The minimum Gasteiger partial charge on any atom is -0.497 e. The molecule has 0 radical (unpaired) electrons. The number of halogens is 1. The largest absolute Gasteiger partial charge is 0.497 e. The van der Waals surface area contributed by atoms with E-state index in [-0.39, 0.29) is 36.9 Å². The Morgan fingerprint density at radius 2 is 1.69 bits per heavy atom. The van der Waals surface area contributed by atoms with Crippen LogP contribution >= 0.6 is 11.6 Å². The Morgan fingerprint density at radius 3 is 2.31 bits per heavy atom. The monoisotopic (exact) mass is 550 g/mol. The Bertz CT molecular complexity index is 1340. The second-order valence-electron chi connectivity index (χ2n) is 9.44. The molecule has 4 rings (SSSR count). The van der Waals surface area contributed by atoms with Crippen molar-refractivity contribution in [2.45, 2.75) is 45.2 Å². The second-order valence-corrected chi connectivity index (χ2v) is 9.87. The maximum absolute atomic E-state index is 13.8. The van der Waals surface area contributed by atoms with Crippen molar-refractivity contribution in [3.8, 4) is 11.5 Å². The van der Waals surface area contributed by atoms with Crippen LogP contribution in [-0.4, -0.2) is 42.6 Å². The fourth-order valence-electron chi connectivity index (χ4n) is 4.92. The molecule has 0 saturated carbocycles. The van der Waals surface area contributed by atoms with Gasteiger partial charge in [0.25, 0.3) is 5.91 Å². The molecule has 8 nitrogen and oxygen atoms in total. The summed E-state index contributed by atoms with van der Waals surface area (Å²) in [5.74, 6) is -0.0437. The molecule has 1 aliphatic rings. The molecule has 0 aliphatic carbocycles. The van der Waals surface area contributed by atoms with Gasteiger partial charge in [-0.3, -0.25) is 14.4 Å². The van der Waals surface area contributed by atoms with E-state index < -0.39 is 5.97 Å². The predicted molar refractivity (Wildman–Crippen MR) is 150 cm³/mol. The zero-order chi connectivity index (χ0) is 28.1. The van der Waals surface area contributed by atoms with Gasteiger partial charge in [-0.05, 0) is 79.9 Å². The number of carbonyl (C=O) groups is 3. The summed E-state index contributed by atoms with van der Waals surface area (Å²) in [7, 11) is 1.57. The molecule has 1 N–H and O–H groups in total. The number of rotatable bonds is 9. The summed E-state index contributed by atoms with van der Waals surface area (Å²) in [6.45, 7) is 3.70. The molecule has 0 aromatic heterocycles. The summed E-state index contributed by atoms with van der Waals surface area (Å²) in [4.78, 5) is 41.1. The first-order chi connectivity index (χ1) is 18.7. The number of aliphatic carboxylic acids is 1. The first kappa shape index (κ1) is 28.0. The van der Waals surface area contributed by atoms with Crippen LogP contribution in [0.1, 0.15) is 55.1 Å². The third kappa shape index (κ3) is 6.34. The average molecular weight is 551 g/mol. The second kappa shape index (κ2) is 12.2. The molecule has 0 fully saturated rings. The Morgan fingerprint density at radius 1 is 1.03 bits per heavy atom. The van der Waals surface area contributed by atoms with Crippen LogP contribution in [0.4, 0.5) is 11.4 Å². The number of carboxylic acid groups (broad SMARTS) is 1. The quantitative estimate of drug-likeness (QED) is 0.322. The predicted octanol–water partition coefficient (Wildman–Crippen LogP) is 6.13. The van der Waals surface area contributed by atoms with E-state index in [1.807, 2.05) is 25.1 Å². The van der Waals surface area contributed by atoms with Crippen LogP contribution in [-0.2, 0) is 9.59 Å². The van der Waals surface area contributed by atoms with Gasteiger partial charge in [0.2, 0.25) is 5.91 Å². The van der Waals surface area contributed by atoms with Crippen molar-refractivity contribution in [3.63, 3.8) is 0 Å². The van der Waals surface area contributed by atoms with Crippen LogP contribution < -0.4 is 19.3 Å². The van der Waals surface area contributed by atoms with Gasteiger partial charge in [0.1, 0.15) is 11.5 Å². The third-order valence-corrected chi connectivity index (χ3v) is 6.99. The summed E-state index contributed by atoms with van der Waals surface area (Å²) >= 11 is 6.10. The lowest BCUT2D eigenvalue weighted by molar-refractivity contribution is -0.137. The number of ether oxygens (including phenoxy) is 2. The standard InChI is InChI=1S/C30H31ClN2O6/c1-19-17-27(33(20(2)34)23-10-8-22(31)9-11-23)26-15-14-25(39-16-4-5-29(35)36)18-28(26)32(19)30(37)21-6-12-24(38-3)13-7-21/h6-15,18-19,27H,4-5,16-17H2,1-3H3,(H,35,36)/t19-,27+/m0/s1. The van der Waals surface area contributed by atoms with E-state index in [4.69, 9.17) is 26.2 Å².